The van der Waals surface area contributed by atoms with Crippen LogP contribution in [0.1, 0.15) is 47.3 Å². The molecule has 2 nitrogen and oxygen atoms in total. The first-order chi connectivity index (χ1) is 12.2. The zero-order chi connectivity index (χ0) is 19.1. The van der Waals surface area contributed by atoms with Crippen molar-refractivity contribution >= 4 is 5.91 Å². The van der Waals surface area contributed by atoms with Crippen molar-refractivity contribution in [3.63, 3.8) is 0 Å². The molecule has 0 saturated heterocycles. The summed E-state index contributed by atoms with van der Waals surface area (Å²) in [5.41, 5.74) is -0.949. The lowest BCUT2D eigenvalue weighted by molar-refractivity contribution is -0.137. The second kappa shape index (κ2) is 6.70. The fourth-order valence-electron chi connectivity index (χ4n) is 2.95. The van der Waals surface area contributed by atoms with Crippen LogP contribution in [0.4, 0.5) is 22.0 Å². The summed E-state index contributed by atoms with van der Waals surface area (Å²) in [4.78, 5) is 14.1. The standard InChI is InChI=1S/C19H16F5NO/c1-11(12-4-2-5-13(10-12)19(22,23)24)25(14-8-9-14)18(26)15-6-3-7-16(20)17(15)21/h2-7,10-11,14H,8-9H2,1H3. The lowest BCUT2D eigenvalue weighted by Gasteiger charge is -2.30. The quantitative estimate of drug-likeness (QED) is 0.666. The topological polar surface area (TPSA) is 20.3 Å². The van der Waals surface area contributed by atoms with Gasteiger partial charge in [0.1, 0.15) is 0 Å². The van der Waals surface area contributed by atoms with Crippen LogP contribution >= 0.6 is 0 Å². The summed E-state index contributed by atoms with van der Waals surface area (Å²) in [6.07, 6.45) is -3.16. The summed E-state index contributed by atoms with van der Waals surface area (Å²) in [5.74, 6) is -3.12. The molecule has 1 atom stereocenters. The Balaban J connectivity index is 1.96. The Morgan fingerprint density at radius 3 is 2.38 bits per heavy atom. The third-order valence-electron chi connectivity index (χ3n) is 4.47. The Kier molecular flexibility index (Phi) is 4.73. The molecule has 3 rings (SSSR count). The van der Waals surface area contributed by atoms with Crippen LogP contribution in [0.25, 0.3) is 0 Å². The fourth-order valence-corrected chi connectivity index (χ4v) is 2.95. The van der Waals surface area contributed by atoms with Crippen LogP contribution in [0, 0.1) is 11.6 Å². The van der Waals surface area contributed by atoms with Gasteiger partial charge in [0.05, 0.1) is 17.2 Å². The second-order valence-electron chi connectivity index (χ2n) is 6.34. The molecule has 0 radical (unpaired) electrons. The molecule has 0 bridgehead atoms. The van der Waals surface area contributed by atoms with Gasteiger partial charge in [-0.25, -0.2) is 8.78 Å². The average molecular weight is 369 g/mol. The molecule has 0 aromatic heterocycles. The number of carbonyl (C=O) groups excluding carboxylic acids is 1. The van der Waals surface area contributed by atoms with Crippen molar-refractivity contribution in [1.29, 1.82) is 0 Å². The monoisotopic (exact) mass is 369 g/mol. The molecular weight excluding hydrogens is 353 g/mol. The molecule has 0 N–H and O–H groups in total. The van der Waals surface area contributed by atoms with E-state index in [0.717, 1.165) is 18.2 Å². The normalized spacial score (nSPS) is 15.6. The van der Waals surface area contributed by atoms with Crippen molar-refractivity contribution in [2.45, 2.75) is 38.0 Å². The lowest BCUT2D eigenvalue weighted by atomic mass is 10.0. The van der Waals surface area contributed by atoms with Crippen LogP contribution in [0.3, 0.4) is 0 Å². The number of hydrogen-bond acceptors (Lipinski definition) is 1. The minimum Gasteiger partial charge on any atom is -0.329 e. The maximum absolute atomic E-state index is 14.0. The summed E-state index contributed by atoms with van der Waals surface area (Å²) >= 11 is 0. The molecule has 1 amide bonds. The number of alkyl halides is 3. The van der Waals surface area contributed by atoms with E-state index >= 15 is 0 Å². The minimum absolute atomic E-state index is 0.199. The largest absolute Gasteiger partial charge is 0.416 e. The van der Waals surface area contributed by atoms with Crippen LogP contribution in [0.5, 0.6) is 0 Å². The Bertz CT molecular complexity index is 829. The van der Waals surface area contributed by atoms with Gasteiger partial charge in [-0.2, -0.15) is 13.2 Å². The third kappa shape index (κ3) is 3.57. The van der Waals surface area contributed by atoms with Crippen molar-refractivity contribution in [2.24, 2.45) is 0 Å². The van der Waals surface area contributed by atoms with Gasteiger partial charge in [-0.05, 0) is 49.6 Å². The van der Waals surface area contributed by atoms with Crippen LogP contribution in [-0.2, 0) is 6.18 Å². The van der Waals surface area contributed by atoms with E-state index in [-0.39, 0.29) is 11.6 Å². The van der Waals surface area contributed by atoms with Gasteiger partial charge in [-0.1, -0.05) is 18.2 Å². The Morgan fingerprint density at radius 2 is 1.77 bits per heavy atom. The molecular formula is C19H16F5NO. The fraction of sp³-hybridized carbons (Fsp3) is 0.316. The van der Waals surface area contributed by atoms with Gasteiger partial charge in [0.15, 0.2) is 11.6 Å². The van der Waals surface area contributed by atoms with Crippen molar-refractivity contribution < 1.29 is 26.7 Å². The van der Waals surface area contributed by atoms with Crippen LogP contribution in [-0.4, -0.2) is 16.8 Å². The molecule has 2 aromatic rings. The molecule has 1 saturated carbocycles. The molecule has 2 aromatic carbocycles. The van der Waals surface area contributed by atoms with Crippen LogP contribution < -0.4 is 0 Å². The van der Waals surface area contributed by atoms with Gasteiger partial charge in [-0.15, -0.1) is 0 Å². The predicted molar refractivity (Wildman–Crippen MR) is 85.4 cm³/mol. The van der Waals surface area contributed by atoms with Crippen molar-refractivity contribution in [3.8, 4) is 0 Å². The average Bonchev–Trinajstić information content (AvgIpc) is 3.41. The van der Waals surface area contributed by atoms with Gasteiger partial charge in [0.25, 0.3) is 5.91 Å². The van der Waals surface area contributed by atoms with Gasteiger partial charge < -0.3 is 4.90 Å². The van der Waals surface area contributed by atoms with E-state index in [9.17, 15) is 26.7 Å². The van der Waals surface area contributed by atoms with Gasteiger partial charge in [0.2, 0.25) is 0 Å². The zero-order valence-electron chi connectivity index (χ0n) is 13.9. The molecule has 138 valence electrons. The Hall–Kier alpha value is -2.44. The Morgan fingerprint density at radius 1 is 1.12 bits per heavy atom. The van der Waals surface area contributed by atoms with Gasteiger partial charge in [-0.3, -0.25) is 4.79 Å². The molecule has 1 aliphatic rings. The molecule has 0 heterocycles. The first-order valence-corrected chi connectivity index (χ1v) is 8.14. The van der Waals surface area contributed by atoms with Crippen LogP contribution in [0.15, 0.2) is 42.5 Å². The summed E-state index contributed by atoms with van der Waals surface area (Å²) in [5, 5.41) is 0. The van der Waals surface area contributed by atoms with Crippen molar-refractivity contribution in [3.05, 3.63) is 70.8 Å². The highest BCUT2D eigenvalue weighted by Crippen LogP contribution is 2.37. The van der Waals surface area contributed by atoms with E-state index in [1.807, 2.05) is 0 Å². The predicted octanol–water partition coefficient (Wildman–Crippen LogP) is 5.35. The first-order valence-electron chi connectivity index (χ1n) is 8.14. The van der Waals surface area contributed by atoms with Gasteiger partial charge >= 0.3 is 6.18 Å². The summed E-state index contributed by atoms with van der Waals surface area (Å²) in [6, 6.07) is 7.10. The third-order valence-corrected chi connectivity index (χ3v) is 4.47. The molecule has 1 aliphatic carbocycles. The minimum atomic E-state index is -4.50. The number of hydrogen-bond donors (Lipinski definition) is 0. The van der Waals surface area contributed by atoms with E-state index in [4.69, 9.17) is 0 Å². The SMILES string of the molecule is CC(c1cccc(C(F)(F)F)c1)N(C(=O)c1cccc(F)c1F)C1CC1. The molecule has 0 spiro atoms. The Labute approximate surface area is 147 Å². The molecule has 0 aliphatic heterocycles. The molecule has 7 heteroatoms. The van der Waals surface area contributed by atoms with E-state index in [1.54, 1.807) is 6.92 Å². The number of nitrogens with zero attached hydrogens (tertiary/aromatic N) is 1. The van der Waals surface area contributed by atoms with Crippen LogP contribution in [0.2, 0.25) is 0 Å². The number of halogens is 5. The highest BCUT2D eigenvalue weighted by molar-refractivity contribution is 5.95. The maximum atomic E-state index is 14.0. The first kappa shape index (κ1) is 18.4. The van der Waals surface area contributed by atoms with E-state index in [1.165, 1.54) is 29.2 Å². The van der Waals surface area contributed by atoms with E-state index in [2.05, 4.69) is 0 Å². The smallest absolute Gasteiger partial charge is 0.329 e. The summed E-state index contributed by atoms with van der Waals surface area (Å²) in [7, 11) is 0. The summed E-state index contributed by atoms with van der Waals surface area (Å²) in [6.45, 7) is 1.59. The highest BCUT2D eigenvalue weighted by atomic mass is 19.4. The maximum Gasteiger partial charge on any atom is 0.416 e. The number of rotatable bonds is 4. The van der Waals surface area contributed by atoms with Crippen molar-refractivity contribution in [2.75, 3.05) is 0 Å². The molecule has 1 unspecified atom stereocenters. The zero-order valence-corrected chi connectivity index (χ0v) is 13.9. The van der Waals surface area contributed by atoms with E-state index < -0.39 is 40.9 Å². The van der Waals surface area contributed by atoms with E-state index in [0.29, 0.717) is 12.8 Å². The summed E-state index contributed by atoms with van der Waals surface area (Å²) < 4.78 is 66.3. The molecule has 1 fully saturated rings. The molecule has 26 heavy (non-hydrogen) atoms. The lowest BCUT2D eigenvalue weighted by Crippen LogP contribution is -2.36. The number of carbonyl (C=O) groups is 1. The van der Waals surface area contributed by atoms with Gasteiger partial charge in [0, 0.05) is 6.04 Å². The second-order valence-corrected chi connectivity index (χ2v) is 6.34. The highest BCUT2D eigenvalue weighted by Gasteiger charge is 2.38. The number of amides is 1. The van der Waals surface area contributed by atoms with Crippen molar-refractivity contribution in [1.82, 2.24) is 4.90 Å². The number of benzene rings is 2.